The number of halogens is 1. The van der Waals surface area contributed by atoms with Gasteiger partial charge in [0.2, 0.25) is 16.0 Å². The molecule has 0 aliphatic heterocycles. The summed E-state index contributed by atoms with van der Waals surface area (Å²) < 4.78 is 28.3. The van der Waals surface area contributed by atoms with E-state index in [4.69, 9.17) is 0 Å². The Balaban J connectivity index is 1.93. The predicted molar refractivity (Wildman–Crippen MR) is 133 cm³/mol. The summed E-state index contributed by atoms with van der Waals surface area (Å²) in [7, 11) is -3.53. The lowest BCUT2D eigenvalue weighted by Crippen LogP contribution is -2.24. The highest BCUT2D eigenvalue weighted by Gasteiger charge is 2.14. The fourth-order valence-electron chi connectivity index (χ4n) is 3.04. The molecule has 0 saturated heterocycles. The molecule has 0 bridgehead atoms. The van der Waals surface area contributed by atoms with Crippen LogP contribution in [-0.4, -0.2) is 42.7 Å². The van der Waals surface area contributed by atoms with E-state index in [2.05, 4.69) is 48.2 Å². The van der Waals surface area contributed by atoms with E-state index in [-0.39, 0.29) is 17.5 Å². The van der Waals surface area contributed by atoms with Crippen LogP contribution in [0.15, 0.2) is 39.8 Å². The van der Waals surface area contributed by atoms with Crippen molar-refractivity contribution < 1.29 is 13.5 Å². The SMILES string of the molecule is CCCCCCCCNS(=O)(=O)c1ccc(Nc2ncc(Br)c(N[C@H](CC)CO)n2)cc1. The molecule has 0 fully saturated rings. The van der Waals surface area contributed by atoms with Gasteiger partial charge in [-0.1, -0.05) is 46.0 Å². The molecule has 1 heterocycles. The minimum absolute atomic E-state index is 0.00145. The largest absolute Gasteiger partial charge is 0.394 e. The van der Waals surface area contributed by atoms with Gasteiger partial charge in [-0.05, 0) is 53.0 Å². The fraction of sp³-hybridized carbons (Fsp3) is 0.545. The number of nitrogens with one attached hydrogen (secondary N) is 3. The van der Waals surface area contributed by atoms with Crippen LogP contribution in [0.4, 0.5) is 17.5 Å². The Kier molecular flexibility index (Phi) is 11.4. The summed E-state index contributed by atoms with van der Waals surface area (Å²) in [5.74, 6) is 0.932. The molecular formula is C22H34BrN5O3S. The van der Waals surface area contributed by atoms with E-state index in [9.17, 15) is 13.5 Å². The van der Waals surface area contributed by atoms with E-state index < -0.39 is 10.0 Å². The maximum absolute atomic E-state index is 12.5. The molecule has 2 rings (SSSR count). The van der Waals surface area contributed by atoms with E-state index in [1.807, 2.05) is 6.92 Å². The van der Waals surface area contributed by atoms with Crippen molar-refractivity contribution >= 4 is 43.4 Å². The summed E-state index contributed by atoms with van der Waals surface area (Å²) in [6, 6.07) is 6.37. The van der Waals surface area contributed by atoms with Crippen molar-refractivity contribution in [3.63, 3.8) is 0 Å². The van der Waals surface area contributed by atoms with Crippen LogP contribution in [0, 0.1) is 0 Å². The second kappa shape index (κ2) is 13.7. The smallest absolute Gasteiger partial charge is 0.240 e. The Morgan fingerprint density at radius 2 is 1.75 bits per heavy atom. The lowest BCUT2D eigenvalue weighted by atomic mass is 10.1. The van der Waals surface area contributed by atoms with Gasteiger partial charge in [0.15, 0.2) is 0 Å². The standard InChI is InChI=1S/C22H34BrN5O3S/c1-3-5-6-7-8-9-14-25-32(30,31)19-12-10-18(11-13-19)27-22-24-15-20(23)21(28-22)26-17(4-2)16-29/h10-13,15,17,25,29H,3-9,14,16H2,1-2H3,(H2,24,26,27,28)/t17-/m1/s1. The Morgan fingerprint density at radius 1 is 1.06 bits per heavy atom. The second-order valence-corrected chi connectivity index (χ2v) is 10.3. The van der Waals surface area contributed by atoms with Gasteiger partial charge in [0.25, 0.3) is 0 Å². The third-order valence-electron chi connectivity index (χ3n) is 5.04. The van der Waals surface area contributed by atoms with E-state index in [1.54, 1.807) is 30.5 Å². The number of aromatic nitrogens is 2. The molecule has 178 valence electrons. The highest BCUT2D eigenvalue weighted by molar-refractivity contribution is 9.10. The Bertz CT molecular complexity index is 922. The molecule has 1 atom stereocenters. The Labute approximate surface area is 199 Å². The number of anilines is 3. The maximum Gasteiger partial charge on any atom is 0.240 e. The van der Waals surface area contributed by atoms with Gasteiger partial charge in [-0.3, -0.25) is 0 Å². The first-order valence-corrected chi connectivity index (χ1v) is 13.4. The highest BCUT2D eigenvalue weighted by Crippen LogP contribution is 2.23. The molecule has 0 aliphatic rings. The van der Waals surface area contributed by atoms with E-state index >= 15 is 0 Å². The van der Waals surface area contributed by atoms with Crippen LogP contribution in [0.3, 0.4) is 0 Å². The average molecular weight is 529 g/mol. The Morgan fingerprint density at radius 3 is 2.41 bits per heavy atom. The van der Waals surface area contributed by atoms with E-state index in [0.29, 0.717) is 28.5 Å². The molecule has 0 unspecified atom stereocenters. The van der Waals surface area contributed by atoms with Crippen molar-refractivity contribution in [2.75, 3.05) is 23.8 Å². The number of unbranched alkanes of at least 4 members (excludes halogenated alkanes) is 5. The zero-order valence-electron chi connectivity index (χ0n) is 18.8. The van der Waals surface area contributed by atoms with Crippen molar-refractivity contribution in [3.8, 4) is 0 Å². The summed E-state index contributed by atoms with van der Waals surface area (Å²) in [5.41, 5.74) is 0.669. The first-order valence-electron chi connectivity index (χ1n) is 11.2. The van der Waals surface area contributed by atoms with Crippen molar-refractivity contribution in [1.29, 1.82) is 0 Å². The third-order valence-corrected chi connectivity index (χ3v) is 7.10. The normalized spacial score (nSPS) is 12.5. The molecule has 2 aromatic rings. The van der Waals surface area contributed by atoms with Crippen LogP contribution < -0.4 is 15.4 Å². The number of sulfonamides is 1. The number of aliphatic hydroxyl groups is 1. The first kappa shape index (κ1) is 26.5. The highest BCUT2D eigenvalue weighted by atomic mass is 79.9. The number of benzene rings is 1. The quantitative estimate of drug-likeness (QED) is 0.245. The summed E-state index contributed by atoms with van der Waals surface area (Å²) in [6.45, 7) is 4.60. The van der Waals surface area contributed by atoms with Gasteiger partial charge < -0.3 is 15.7 Å². The number of hydrogen-bond donors (Lipinski definition) is 4. The van der Waals surface area contributed by atoms with Crippen LogP contribution in [0.5, 0.6) is 0 Å². The van der Waals surface area contributed by atoms with Crippen molar-refractivity contribution in [2.24, 2.45) is 0 Å². The molecule has 4 N–H and O–H groups in total. The summed E-state index contributed by atoms with van der Waals surface area (Å²) in [5, 5.41) is 15.6. The van der Waals surface area contributed by atoms with Crippen LogP contribution in [0.2, 0.25) is 0 Å². The summed E-state index contributed by atoms with van der Waals surface area (Å²) in [6.07, 6.45) is 9.03. The number of rotatable bonds is 15. The van der Waals surface area contributed by atoms with Crippen molar-refractivity contribution in [1.82, 2.24) is 14.7 Å². The minimum Gasteiger partial charge on any atom is -0.394 e. The molecule has 8 nitrogen and oxygen atoms in total. The first-order chi connectivity index (χ1) is 15.4. The monoisotopic (exact) mass is 527 g/mol. The molecule has 1 aromatic carbocycles. The molecule has 0 saturated carbocycles. The van der Waals surface area contributed by atoms with Crippen LogP contribution in [0.25, 0.3) is 0 Å². The maximum atomic E-state index is 12.5. The van der Waals surface area contributed by atoms with Gasteiger partial charge in [0.1, 0.15) is 5.82 Å². The lowest BCUT2D eigenvalue weighted by molar-refractivity contribution is 0.271. The van der Waals surface area contributed by atoms with Crippen LogP contribution >= 0.6 is 15.9 Å². The predicted octanol–water partition coefficient (Wildman–Crippen LogP) is 4.80. The van der Waals surface area contributed by atoms with E-state index in [1.165, 1.54) is 19.3 Å². The van der Waals surface area contributed by atoms with Crippen molar-refractivity contribution in [3.05, 3.63) is 34.9 Å². The zero-order chi connectivity index (χ0) is 23.4. The molecule has 0 aliphatic carbocycles. The van der Waals surface area contributed by atoms with Crippen LogP contribution in [-0.2, 0) is 10.0 Å². The number of nitrogens with zero attached hydrogens (tertiary/aromatic N) is 2. The number of hydrogen-bond acceptors (Lipinski definition) is 7. The van der Waals surface area contributed by atoms with E-state index in [0.717, 1.165) is 25.7 Å². The topological polar surface area (TPSA) is 116 Å². The van der Waals surface area contributed by atoms with Gasteiger partial charge >= 0.3 is 0 Å². The van der Waals surface area contributed by atoms with Crippen LogP contribution in [0.1, 0.15) is 58.8 Å². The summed E-state index contributed by atoms with van der Waals surface area (Å²) >= 11 is 3.40. The molecule has 0 amide bonds. The van der Waals surface area contributed by atoms with Gasteiger partial charge in [-0.15, -0.1) is 0 Å². The van der Waals surface area contributed by atoms with Gasteiger partial charge in [0.05, 0.1) is 22.0 Å². The Hall–Kier alpha value is -1.75. The molecule has 0 spiro atoms. The van der Waals surface area contributed by atoms with Gasteiger partial charge in [-0.2, -0.15) is 4.98 Å². The fourth-order valence-corrected chi connectivity index (χ4v) is 4.42. The molecule has 1 aromatic heterocycles. The molecule has 0 radical (unpaired) electrons. The molecular weight excluding hydrogens is 494 g/mol. The van der Waals surface area contributed by atoms with Crippen molar-refractivity contribution in [2.45, 2.75) is 69.7 Å². The lowest BCUT2D eigenvalue weighted by Gasteiger charge is -2.16. The second-order valence-electron chi connectivity index (χ2n) is 7.64. The minimum atomic E-state index is -3.53. The summed E-state index contributed by atoms with van der Waals surface area (Å²) in [4.78, 5) is 8.89. The molecule has 32 heavy (non-hydrogen) atoms. The van der Waals surface area contributed by atoms with Gasteiger partial charge in [0, 0.05) is 18.4 Å². The van der Waals surface area contributed by atoms with Gasteiger partial charge in [-0.25, -0.2) is 18.1 Å². The third kappa shape index (κ3) is 8.65. The number of aliphatic hydroxyl groups excluding tert-OH is 1. The average Bonchev–Trinajstić information content (AvgIpc) is 2.79. The molecule has 10 heteroatoms. The zero-order valence-corrected chi connectivity index (χ0v) is 21.2.